The van der Waals surface area contributed by atoms with E-state index in [0.29, 0.717) is 0 Å². The van der Waals surface area contributed by atoms with Crippen molar-refractivity contribution >= 4 is 17.9 Å². The summed E-state index contributed by atoms with van der Waals surface area (Å²) in [6, 6.07) is 0. The van der Waals surface area contributed by atoms with E-state index in [1.165, 1.54) is 0 Å². The van der Waals surface area contributed by atoms with Gasteiger partial charge < -0.3 is 5.32 Å². The smallest absolute Gasteiger partial charge is 0.276 e. The molecule has 0 atom stereocenters. The number of hydrogen-bond acceptors (Lipinski definition) is 1. The normalized spacial score (nSPS) is 9.50. The summed E-state index contributed by atoms with van der Waals surface area (Å²) in [5.74, 6) is 0. The second-order valence-electron chi connectivity index (χ2n) is 1.08. The molecule has 0 saturated carbocycles. The summed E-state index contributed by atoms with van der Waals surface area (Å²) in [6.07, 6.45) is -2.49. The van der Waals surface area contributed by atoms with Crippen LogP contribution in [0.4, 0.5) is 13.6 Å². The molecule has 0 aromatic rings. The zero-order chi connectivity index (χ0) is 6.57. The molecule has 2 nitrogen and oxygen atoms in total. The molecule has 0 heterocycles. The molecule has 0 unspecified atom stereocenters. The van der Waals surface area contributed by atoms with Crippen molar-refractivity contribution in [2.45, 2.75) is 6.43 Å². The van der Waals surface area contributed by atoms with Crippen molar-refractivity contribution in [3.63, 3.8) is 0 Å². The summed E-state index contributed by atoms with van der Waals surface area (Å²) in [6.45, 7) is -0.623. The van der Waals surface area contributed by atoms with Crippen LogP contribution in [0.2, 0.25) is 0 Å². The van der Waals surface area contributed by atoms with E-state index in [1.807, 2.05) is 5.32 Å². The molecule has 1 N–H and O–H groups in total. The van der Waals surface area contributed by atoms with Crippen molar-refractivity contribution in [3.8, 4) is 0 Å². The molecule has 0 aromatic heterocycles. The molecule has 1 amide bonds. The van der Waals surface area contributed by atoms with E-state index in [1.54, 1.807) is 0 Å². The topological polar surface area (TPSA) is 29.1 Å². The first-order valence-electron chi connectivity index (χ1n) is 1.88. The molecule has 0 aliphatic carbocycles. The fourth-order valence-corrected chi connectivity index (χ4v) is 0.256. The van der Waals surface area contributed by atoms with Crippen LogP contribution < -0.4 is 5.32 Å². The lowest BCUT2D eigenvalue weighted by Gasteiger charge is -1.96. The van der Waals surface area contributed by atoms with Gasteiger partial charge in [-0.05, 0) is 0 Å². The summed E-state index contributed by atoms with van der Waals surface area (Å²) in [7, 11) is 0. The second kappa shape index (κ2) is 3.65. The van der Waals surface area contributed by atoms with E-state index in [4.69, 9.17) is 0 Å². The number of alkyl halides is 2. The van der Waals surface area contributed by atoms with Gasteiger partial charge in [-0.2, -0.15) is 0 Å². The number of thiol groups is 1. The molecule has 0 bridgehead atoms. The molecule has 48 valence electrons. The van der Waals surface area contributed by atoms with Crippen molar-refractivity contribution in [1.82, 2.24) is 5.32 Å². The molecule has 0 rings (SSSR count). The van der Waals surface area contributed by atoms with Crippen molar-refractivity contribution in [3.05, 3.63) is 0 Å². The Hall–Kier alpha value is -0.320. The fourth-order valence-electron chi connectivity index (χ4n) is 0.164. The van der Waals surface area contributed by atoms with Gasteiger partial charge in [0.05, 0.1) is 6.54 Å². The zero-order valence-electron chi connectivity index (χ0n) is 3.90. The highest BCUT2D eigenvalue weighted by molar-refractivity contribution is 7.96. The molecule has 0 aliphatic rings. The summed E-state index contributed by atoms with van der Waals surface area (Å²) < 4.78 is 22.3. The maximum Gasteiger partial charge on any atom is 0.276 e. The molecule has 0 saturated heterocycles. The van der Waals surface area contributed by atoms with Crippen molar-refractivity contribution in [2.24, 2.45) is 0 Å². The third-order valence-electron chi connectivity index (χ3n) is 0.408. The number of nitrogens with one attached hydrogen (secondary N) is 1. The molecule has 8 heavy (non-hydrogen) atoms. The molecule has 0 spiro atoms. The average Bonchev–Trinajstić information content (AvgIpc) is 1.61. The zero-order valence-corrected chi connectivity index (χ0v) is 4.79. The van der Waals surface area contributed by atoms with Crippen LogP contribution in [0.25, 0.3) is 0 Å². The van der Waals surface area contributed by atoms with E-state index in [2.05, 4.69) is 12.6 Å². The third-order valence-corrected chi connectivity index (χ3v) is 0.566. The monoisotopic (exact) mass is 141 g/mol. The van der Waals surface area contributed by atoms with Crippen molar-refractivity contribution in [1.29, 1.82) is 0 Å². The number of halogens is 2. The van der Waals surface area contributed by atoms with Crippen LogP contribution in [0.5, 0.6) is 0 Å². The van der Waals surface area contributed by atoms with E-state index >= 15 is 0 Å². The lowest BCUT2D eigenvalue weighted by molar-refractivity contribution is 0.149. The van der Waals surface area contributed by atoms with Gasteiger partial charge in [0, 0.05) is 0 Å². The van der Waals surface area contributed by atoms with E-state index in [-0.39, 0.29) is 0 Å². The number of carbonyl (C=O) groups excluding carboxylic acids is 1. The minimum absolute atomic E-state index is 0.623. The molecule has 0 fully saturated rings. The molecular weight excluding hydrogens is 136 g/mol. The summed E-state index contributed by atoms with van der Waals surface area (Å²) >= 11 is 3.19. The van der Waals surface area contributed by atoms with Crippen LogP contribution in [0.1, 0.15) is 0 Å². The van der Waals surface area contributed by atoms with Gasteiger partial charge in [-0.3, -0.25) is 4.79 Å². The average molecular weight is 141 g/mol. The predicted octanol–water partition coefficient (Wildman–Crippen LogP) is 0.891. The van der Waals surface area contributed by atoms with E-state index in [0.717, 1.165) is 0 Å². The summed E-state index contributed by atoms with van der Waals surface area (Å²) in [5, 5.41) is 1.09. The Bertz CT molecular complexity index is 87.4. The lowest BCUT2D eigenvalue weighted by Crippen LogP contribution is -2.23. The third kappa shape index (κ3) is 5.68. The van der Waals surface area contributed by atoms with Gasteiger partial charge in [0.2, 0.25) is 0 Å². The first-order chi connectivity index (χ1) is 3.63. The van der Waals surface area contributed by atoms with Gasteiger partial charge in [0.1, 0.15) is 0 Å². The van der Waals surface area contributed by atoms with Crippen LogP contribution in [0.3, 0.4) is 0 Å². The van der Waals surface area contributed by atoms with Crippen LogP contribution in [-0.2, 0) is 0 Å². The predicted molar refractivity (Wildman–Crippen MR) is 28.4 cm³/mol. The Balaban J connectivity index is 3.05. The highest BCUT2D eigenvalue weighted by Crippen LogP contribution is 1.88. The number of carbonyl (C=O) groups is 1. The Morgan fingerprint density at radius 1 is 1.75 bits per heavy atom. The number of hydrogen-bond donors (Lipinski definition) is 2. The van der Waals surface area contributed by atoms with Crippen molar-refractivity contribution in [2.75, 3.05) is 6.54 Å². The van der Waals surface area contributed by atoms with Gasteiger partial charge in [-0.25, -0.2) is 8.78 Å². The minimum atomic E-state index is -2.49. The van der Waals surface area contributed by atoms with Gasteiger partial charge >= 0.3 is 0 Å². The quantitative estimate of drug-likeness (QED) is 0.549. The van der Waals surface area contributed by atoms with Gasteiger partial charge in [-0.15, -0.1) is 0 Å². The Labute approximate surface area is 50.7 Å². The maximum absolute atomic E-state index is 11.1. The van der Waals surface area contributed by atoms with Crippen LogP contribution >= 0.6 is 12.6 Å². The maximum atomic E-state index is 11.1. The standard InChI is InChI=1S/C3H5F2NOS/c4-2(5)1-6-3(7)8/h2H,1H2,(H2,6,7,8). The van der Waals surface area contributed by atoms with Crippen molar-refractivity contribution < 1.29 is 13.6 Å². The summed E-state index contributed by atoms with van der Waals surface area (Å²) in [4.78, 5) is 9.77. The fraction of sp³-hybridized carbons (Fsp3) is 0.667. The van der Waals surface area contributed by atoms with Gasteiger partial charge in [-0.1, -0.05) is 12.6 Å². The van der Waals surface area contributed by atoms with Crippen LogP contribution in [0, 0.1) is 0 Å². The second-order valence-corrected chi connectivity index (χ2v) is 1.48. The van der Waals surface area contributed by atoms with E-state index < -0.39 is 18.2 Å². The molecule has 0 aliphatic heterocycles. The van der Waals surface area contributed by atoms with E-state index in [9.17, 15) is 13.6 Å². The number of rotatable bonds is 2. The number of amides is 1. The highest BCUT2D eigenvalue weighted by Gasteiger charge is 2.00. The van der Waals surface area contributed by atoms with Crippen LogP contribution in [-0.4, -0.2) is 18.2 Å². The SMILES string of the molecule is O=C(S)NCC(F)F. The minimum Gasteiger partial charge on any atom is -0.341 e. The van der Waals surface area contributed by atoms with Gasteiger partial charge in [0.15, 0.2) is 0 Å². The lowest BCUT2D eigenvalue weighted by atomic mass is 10.7. The first-order valence-corrected chi connectivity index (χ1v) is 2.32. The Morgan fingerprint density at radius 3 is 2.38 bits per heavy atom. The molecular formula is C3H5F2NOS. The Kier molecular flexibility index (Phi) is 3.51. The largest absolute Gasteiger partial charge is 0.341 e. The van der Waals surface area contributed by atoms with Gasteiger partial charge in [0.25, 0.3) is 11.7 Å². The summed E-state index contributed by atoms with van der Waals surface area (Å²) in [5.41, 5.74) is 0. The Morgan fingerprint density at radius 2 is 2.25 bits per heavy atom. The molecule has 0 radical (unpaired) electrons. The molecule has 0 aromatic carbocycles. The highest BCUT2D eigenvalue weighted by atomic mass is 32.1. The first kappa shape index (κ1) is 7.68. The molecule has 5 heteroatoms. The van der Waals surface area contributed by atoms with Crippen LogP contribution in [0.15, 0.2) is 0 Å².